The number of hydrogen-bond acceptors (Lipinski definition) is 5. The molecule has 5 rings (SSSR count). The van der Waals surface area contributed by atoms with Gasteiger partial charge in [-0.1, -0.05) is 11.6 Å². The van der Waals surface area contributed by atoms with Gasteiger partial charge in [0, 0.05) is 45.7 Å². The molecule has 0 aliphatic carbocycles. The van der Waals surface area contributed by atoms with Crippen molar-refractivity contribution in [2.45, 2.75) is 19.0 Å². The molecule has 0 spiro atoms. The Bertz CT molecular complexity index is 1130. The number of carbonyl (C=O) groups excluding carboxylic acids is 2. The smallest absolute Gasteiger partial charge is 0.255 e. The highest BCUT2D eigenvalue weighted by Gasteiger charge is 2.35. The zero-order valence-electron chi connectivity index (χ0n) is 17.3. The van der Waals surface area contributed by atoms with E-state index < -0.39 is 6.04 Å². The van der Waals surface area contributed by atoms with Crippen LogP contribution in [-0.2, 0) is 17.8 Å². The maximum atomic E-state index is 13.0. The molecule has 8 heteroatoms. The highest BCUT2D eigenvalue weighted by Crippen LogP contribution is 2.29. The largest absolute Gasteiger partial charge is 0.367 e. The van der Waals surface area contributed by atoms with Crippen molar-refractivity contribution in [3.8, 4) is 0 Å². The van der Waals surface area contributed by atoms with Crippen molar-refractivity contribution in [2.75, 3.05) is 28.4 Å². The molecule has 2 aromatic carbocycles. The van der Waals surface area contributed by atoms with Crippen LogP contribution >= 0.6 is 34.7 Å². The lowest BCUT2D eigenvalue weighted by Crippen LogP contribution is -2.44. The zero-order valence-corrected chi connectivity index (χ0v) is 19.7. The molecule has 1 atom stereocenters. The normalized spacial score (nSPS) is 17.8. The number of anilines is 2. The van der Waals surface area contributed by atoms with Crippen LogP contribution in [0.15, 0.2) is 60.0 Å². The number of benzene rings is 2. The molecule has 3 heterocycles. The van der Waals surface area contributed by atoms with Gasteiger partial charge < -0.3 is 15.1 Å². The van der Waals surface area contributed by atoms with Crippen molar-refractivity contribution < 1.29 is 9.59 Å². The highest BCUT2D eigenvalue weighted by atomic mass is 35.5. The molecule has 164 valence electrons. The molecule has 32 heavy (non-hydrogen) atoms. The maximum Gasteiger partial charge on any atom is 0.255 e. The zero-order chi connectivity index (χ0) is 22.1. The number of thiophene rings is 1. The molecular formula is C24H22ClN3O2S2. The van der Waals surface area contributed by atoms with E-state index in [2.05, 4.69) is 21.7 Å². The van der Waals surface area contributed by atoms with Crippen molar-refractivity contribution in [3.63, 3.8) is 0 Å². The van der Waals surface area contributed by atoms with Crippen molar-refractivity contribution >= 4 is 57.9 Å². The Balaban J connectivity index is 1.23. The first-order valence-corrected chi connectivity index (χ1v) is 12.8. The van der Waals surface area contributed by atoms with Crippen molar-refractivity contribution in [3.05, 3.63) is 81.0 Å². The van der Waals surface area contributed by atoms with Gasteiger partial charge >= 0.3 is 0 Å². The first kappa shape index (κ1) is 21.4. The first-order valence-electron chi connectivity index (χ1n) is 10.4. The van der Waals surface area contributed by atoms with Gasteiger partial charge in [-0.3, -0.25) is 9.59 Å². The van der Waals surface area contributed by atoms with Gasteiger partial charge in [-0.2, -0.15) is 0 Å². The van der Waals surface area contributed by atoms with Crippen molar-refractivity contribution in [2.24, 2.45) is 0 Å². The van der Waals surface area contributed by atoms with E-state index in [1.165, 1.54) is 10.4 Å². The van der Waals surface area contributed by atoms with Crippen LogP contribution in [0.1, 0.15) is 20.8 Å². The van der Waals surface area contributed by atoms with E-state index in [-0.39, 0.29) is 11.8 Å². The minimum Gasteiger partial charge on any atom is -0.367 e. The Morgan fingerprint density at radius 1 is 1.03 bits per heavy atom. The fourth-order valence-electron chi connectivity index (χ4n) is 4.07. The minimum absolute atomic E-state index is 0.153. The van der Waals surface area contributed by atoms with Gasteiger partial charge in [-0.05, 0) is 72.0 Å². The Morgan fingerprint density at radius 3 is 2.59 bits per heavy atom. The Morgan fingerprint density at radius 2 is 1.81 bits per heavy atom. The highest BCUT2D eigenvalue weighted by molar-refractivity contribution is 7.99. The maximum absolute atomic E-state index is 13.0. The summed E-state index contributed by atoms with van der Waals surface area (Å²) in [6, 6.07) is 16.4. The van der Waals surface area contributed by atoms with E-state index in [0.29, 0.717) is 22.2 Å². The van der Waals surface area contributed by atoms with Crippen LogP contribution in [0.4, 0.5) is 11.4 Å². The van der Waals surface area contributed by atoms with Crippen LogP contribution in [0.5, 0.6) is 0 Å². The van der Waals surface area contributed by atoms with Crippen LogP contribution < -0.4 is 10.2 Å². The number of fused-ring (bicyclic) bond motifs is 1. The molecule has 0 bridgehead atoms. The molecule has 2 aliphatic heterocycles. The van der Waals surface area contributed by atoms with E-state index in [4.69, 9.17) is 11.6 Å². The van der Waals surface area contributed by atoms with E-state index in [1.807, 2.05) is 35.6 Å². The van der Waals surface area contributed by atoms with Gasteiger partial charge in [0.15, 0.2) is 0 Å². The lowest BCUT2D eigenvalue weighted by molar-refractivity contribution is -0.119. The number of thioether (sulfide) groups is 1. The van der Waals surface area contributed by atoms with Gasteiger partial charge in [0.05, 0.1) is 5.88 Å². The lowest BCUT2D eigenvalue weighted by Gasteiger charge is -2.29. The Hall–Kier alpha value is -2.48. The van der Waals surface area contributed by atoms with Crippen molar-refractivity contribution in [1.82, 2.24) is 4.90 Å². The second-order valence-corrected chi connectivity index (χ2v) is 10.3. The molecule has 1 N–H and O–H groups in total. The second kappa shape index (κ2) is 9.17. The average Bonchev–Trinajstić information content (AvgIpc) is 3.49. The van der Waals surface area contributed by atoms with Gasteiger partial charge in [-0.15, -0.1) is 23.1 Å². The van der Waals surface area contributed by atoms with Crippen LogP contribution in [-0.4, -0.2) is 40.9 Å². The topological polar surface area (TPSA) is 52.7 Å². The molecule has 2 aliphatic rings. The number of amides is 2. The summed E-state index contributed by atoms with van der Waals surface area (Å²) in [5, 5.41) is 5.73. The molecule has 1 fully saturated rings. The van der Waals surface area contributed by atoms with E-state index in [0.717, 1.165) is 30.9 Å². The summed E-state index contributed by atoms with van der Waals surface area (Å²) >= 11 is 9.35. The molecule has 1 unspecified atom stereocenters. The summed E-state index contributed by atoms with van der Waals surface area (Å²) in [5.41, 5.74) is 3.83. The van der Waals surface area contributed by atoms with E-state index in [1.54, 1.807) is 40.9 Å². The molecule has 1 aromatic heterocycles. The number of halogens is 1. The summed E-state index contributed by atoms with van der Waals surface area (Å²) in [6.07, 6.45) is 1.07. The number of nitrogens with zero attached hydrogens (tertiary/aromatic N) is 2. The molecule has 5 nitrogen and oxygen atoms in total. The summed E-state index contributed by atoms with van der Waals surface area (Å²) in [7, 11) is 0. The average molecular weight is 484 g/mol. The quantitative estimate of drug-likeness (QED) is 0.559. The van der Waals surface area contributed by atoms with Crippen LogP contribution in [0.25, 0.3) is 0 Å². The number of nitrogens with one attached hydrogen (secondary N) is 1. The molecular weight excluding hydrogens is 462 g/mol. The SMILES string of the molecule is O=C(Nc1ccc(N2CCc3sccc3C2)cc1)C1CSCN1C(=O)c1ccc(Cl)cc1. The second-order valence-electron chi connectivity index (χ2n) is 7.87. The molecule has 0 saturated carbocycles. The number of rotatable bonds is 4. The number of carbonyl (C=O) groups is 2. The fraction of sp³-hybridized carbons (Fsp3) is 0.250. The fourth-order valence-corrected chi connectivity index (χ4v) is 6.24. The Kier molecular flexibility index (Phi) is 6.13. The third-order valence-corrected chi connectivity index (χ3v) is 8.13. The van der Waals surface area contributed by atoms with Crippen LogP contribution in [0.2, 0.25) is 5.02 Å². The predicted molar refractivity (Wildman–Crippen MR) is 133 cm³/mol. The van der Waals surface area contributed by atoms with Gasteiger partial charge in [0.2, 0.25) is 5.91 Å². The van der Waals surface area contributed by atoms with Crippen LogP contribution in [0.3, 0.4) is 0 Å². The molecule has 3 aromatic rings. The summed E-state index contributed by atoms with van der Waals surface area (Å²) in [6.45, 7) is 1.92. The third-order valence-electron chi connectivity index (χ3n) is 5.84. The monoisotopic (exact) mass is 483 g/mol. The predicted octanol–water partition coefficient (Wildman–Crippen LogP) is 5.12. The molecule has 0 radical (unpaired) electrons. The Labute approximate surface area is 200 Å². The summed E-state index contributed by atoms with van der Waals surface area (Å²) in [5.74, 6) is 0.767. The first-order chi connectivity index (χ1) is 15.6. The summed E-state index contributed by atoms with van der Waals surface area (Å²) in [4.78, 5) is 31.3. The standard InChI is InChI=1S/C24H22ClN3O2S2/c25-18-3-1-16(2-4-18)24(30)28-15-31-14-21(28)23(29)26-19-5-7-20(8-6-19)27-11-9-22-17(13-27)10-12-32-22/h1-8,10,12,21H,9,11,13-15H2,(H,26,29). The van der Waals surface area contributed by atoms with Gasteiger partial charge in [-0.25, -0.2) is 0 Å². The summed E-state index contributed by atoms with van der Waals surface area (Å²) < 4.78 is 0. The lowest BCUT2D eigenvalue weighted by atomic mass is 10.1. The molecule has 2 amide bonds. The van der Waals surface area contributed by atoms with Gasteiger partial charge in [0.25, 0.3) is 5.91 Å². The third kappa shape index (κ3) is 4.37. The van der Waals surface area contributed by atoms with Gasteiger partial charge in [0.1, 0.15) is 6.04 Å². The minimum atomic E-state index is -0.498. The van der Waals surface area contributed by atoms with E-state index in [9.17, 15) is 9.59 Å². The van der Waals surface area contributed by atoms with E-state index >= 15 is 0 Å². The van der Waals surface area contributed by atoms with Crippen molar-refractivity contribution in [1.29, 1.82) is 0 Å². The van der Waals surface area contributed by atoms with Crippen LogP contribution in [0, 0.1) is 0 Å². The molecule has 1 saturated heterocycles. The number of hydrogen-bond donors (Lipinski definition) is 1.